The first kappa shape index (κ1) is 47.9. The van der Waals surface area contributed by atoms with Gasteiger partial charge in [-0.2, -0.15) is 0 Å². The molecule has 50 heavy (non-hydrogen) atoms. The molecule has 0 aliphatic carbocycles. The quantitative estimate of drug-likeness (QED) is 0.0249. The molecule has 0 heterocycles. The van der Waals surface area contributed by atoms with Crippen molar-refractivity contribution < 1.29 is 47.8 Å². The van der Waals surface area contributed by atoms with Crippen LogP contribution in [0.15, 0.2) is 48.6 Å². The molecular formula is C39H69O10P. The van der Waals surface area contributed by atoms with E-state index in [1.807, 2.05) is 0 Å². The summed E-state index contributed by atoms with van der Waals surface area (Å²) in [5.74, 6) is -0.976. The predicted octanol–water partition coefficient (Wildman–Crippen LogP) is 9.38. The van der Waals surface area contributed by atoms with Crippen LogP contribution >= 0.6 is 7.82 Å². The third kappa shape index (κ3) is 34.4. The van der Waals surface area contributed by atoms with E-state index in [1.165, 1.54) is 51.4 Å². The summed E-state index contributed by atoms with van der Waals surface area (Å²) in [6.45, 7) is 2.19. The van der Waals surface area contributed by atoms with Gasteiger partial charge in [0.1, 0.15) is 12.7 Å². The Morgan fingerprint density at radius 1 is 0.620 bits per heavy atom. The van der Waals surface area contributed by atoms with Crippen molar-refractivity contribution >= 4 is 19.8 Å². The first-order valence-corrected chi connectivity index (χ1v) is 20.6. The van der Waals surface area contributed by atoms with E-state index >= 15 is 0 Å². The number of unbranched alkanes of at least 4 members (excludes halogenated alkanes) is 13. The molecule has 3 N–H and O–H groups in total. The second-order valence-electron chi connectivity index (χ2n) is 12.6. The first-order valence-electron chi connectivity index (χ1n) is 19.1. The molecule has 3 atom stereocenters. The lowest BCUT2D eigenvalue weighted by molar-refractivity contribution is -0.161. The van der Waals surface area contributed by atoms with Gasteiger partial charge in [-0.3, -0.25) is 18.6 Å². The van der Waals surface area contributed by atoms with E-state index in [2.05, 4.69) is 67.0 Å². The standard InChI is InChI=1S/C39H69O10P/c1-3-5-7-9-11-13-15-17-18-19-21-23-25-27-29-31-39(43)49-37(35-48-50(44,45)47-33-36(41)32-40)34-46-38(42)30-28-26-24-22-20-16-14-12-10-8-6-4-2/h5,7,11,13,17-18,21,23,36-37,40-41H,3-4,6,8-10,12,14-16,19-20,22,24-35H2,1-2H3,(H,44,45)/b7-5-,13-11-,18-17-,23-21-/t36-,37+/m0/s1. The second-order valence-corrected chi connectivity index (χ2v) is 14.0. The van der Waals surface area contributed by atoms with Crippen molar-refractivity contribution in [1.82, 2.24) is 0 Å². The average Bonchev–Trinajstić information content (AvgIpc) is 3.10. The van der Waals surface area contributed by atoms with E-state index < -0.39 is 51.8 Å². The molecule has 0 aromatic carbocycles. The monoisotopic (exact) mass is 728 g/mol. The van der Waals surface area contributed by atoms with Gasteiger partial charge in [0, 0.05) is 12.8 Å². The van der Waals surface area contributed by atoms with E-state index in [0.29, 0.717) is 12.8 Å². The summed E-state index contributed by atoms with van der Waals surface area (Å²) >= 11 is 0. The third-order valence-electron chi connectivity index (χ3n) is 7.75. The van der Waals surface area contributed by atoms with Crippen molar-refractivity contribution in [2.24, 2.45) is 0 Å². The molecule has 0 bridgehead atoms. The number of hydrogen-bond donors (Lipinski definition) is 3. The molecule has 290 valence electrons. The number of phosphoric ester groups is 1. The van der Waals surface area contributed by atoms with Gasteiger partial charge >= 0.3 is 19.8 Å². The number of carbonyl (C=O) groups excluding carboxylic acids is 2. The summed E-state index contributed by atoms with van der Waals surface area (Å²) in [6.07, 6.45) is 35.1. The Kier molecular flexibility index (Phi) is 33.9. The molecule has 0 fully saturated rings. The van der Waals surface area contributed by atoms with Gasteiger partial charge in [-0.1, -0.05) is 133 Å². The number of rotatable bonds is 35. The average molecular weight is 729 g/mol. The Morgan fingerprint density at radius 3 is 1.66 bits per heavy atom. The van der Waals surface area contributed by atoms with Gasteiger partial charge in [-0.05, 0) is 51.4 Å². The van der Waals surface area contributed by atoms with Crippen molar-refractivity contribution in [1.29, 1.82) is 0 Å². The SMILES string of the molecule is CC/C=C\C/C=C\C/C=C\C/C=C\CCCCC(=O)O[C@H](COC(=O)CCCCCCCCCCCCCC)COP(=O)(O)OC[C@@H](O)CO. The highest BCUT2D eigenvalue weighted by Crippen LogP contribution is 2.43. The number of hydrogen-bond acceptors (Lipinski definition) is 9. The maximum atomic E-state index is 12.5. The lowest BCUT2D eigenvalue weighted by Gasteiger charge is -2.20. The van der Waals surface area contributed by atoms with Crippen molar-refractivity contribution in [3.8, 4) is 0 Å². The summed E-state index contributed by atoms with van der Waals surface area (Å²) < 4.78 is 32.5. The van der Waals surface area contributed by atoms with Crippen LogP contribution < -0.4 is 0 Å². The highest BCUT2D eigenvalue weighted by Gasteiger charge is 2.27. The van der Waals surface area contributed by atoms with Gasteiger partial charge in [-0.25, -0.2) is 4.57 Å². The molecule has 0 amide bonds. The number of aliphatic hydroxyl groups excluding tert-OH is 2. The highest BCUT2D eigenvalue weighted by molar-refractivity contribution is 7.47. The molecule has 11 heteroatoms. The largest absolute Gasteiger partial charge is 0.472 e. The molecule has 0 saturated heterocycles. The van der Waals surface area contributed by atoms with E-state index in [9.17, 15) is 24.2 Å². The number of carbonyl (C=O) groups is 2. The first-order chi connectivity index (χ1) is 24.2. The Labute approximate surface area is 303 Å². The summed E-state index contributed by atoms with van der Waals surface area (Å²) in [5.41, 5.74) is 0. The minimum Gasteiger partial charge on any atom is -0.462 e. The summed E-state index contributed by atoms with van der Waals surface area (Å²) in [6, 6.07) is 0. The minimum absolute atomic E-state index is 0.132. The van der Waals surface area contributed by atoms with Crippen LogP contribution in [0.3, 0.4) is 0 Å². The van der Waals surface area contributed by atoms with Crippen molar-refractivity contribution in [2.75, 3.05) is 26.4 Å². The fraction of sp³-hybridized carbons (Fsp3) is 0.744. The van der Waals surface area contributed by atoms with Crippen molar-refractivity contribution in [3.05, 3.63) is 48.6 Å². The Morgan fingerprint density at radius 2 is 1.10 bits per heavy atom. The van der Waals surface area contributed by atoms with E-state index in [1.54, 1.807) is 0 Å². The van der Waals surface area contributed by atoms with Gasteiger partial charge in [0.05, 0.1) is 19.8 Å². The second kappa shape index (κ2) is 35.3. The fourth-order valence-electron chi connectivity index (χ4n) is 4.81. The lowest BCUT2D eigenvalue weighted by Crippen LogP contribution is -2.29. The van der Waals surface area contributed by atoms with Crippen LogP contribution in [0.25, 0.3) is 0 Å². The van der Waals surface area contributed by atoms with Crippen LogP contribution in [0, 0.1) is 0 Å². The van der Waals surface area contributed by atoms with Crippen LogP contribution in [0.2, 0.25) is 0 Å². The molecular weight excluding hydrogens is 659 g/mol. The molecule has 10 nitrogen and oxygen atoms in total. The normalized spacial score (nSPS) is 14.6. The van der Waals surface area contributed by atoms with E-state index in [-0.39, 0.29) is 19.4 Å². The highest BCUT2D eigenvalue weighted by atomic mass is 31.2. The molecule has 1 unspecified atom stereocenters. The van der Waals surface area contributed by atoms with Crippen LogP contribution in [-0.4, -0.2) is 65.7 Å². The topological polar surface area (TPSA) is 149 Å². The Balaban J connectivity index is 4.45. The molecule has 0 radical (unpaired) electrons. The molecule has 0 spiro atoms. The van der Waals surface area contributed by atoms with Gasteiger partial charge in [-0.15, -0.1) is 0 Å². The fourth-order valence-corrected chi connectivity index (χ4v) is 5.60. The number of phosphoric acid groups is 1. The molecule has 0 aromatic rings. The van der Waals surface area contributed by atoms with Crippen molar-refractivity contribution in [2.45, 2.75) is 161 Å². The zero-order valence-corrected chi connectivity index (χ0v) is 32.0. The maximum absolute atomic E-state index is 12.5. The number of aliphatic hydroxyl groups is 2. The maximum Gasteiger partial charge on any atom is 0.472 e. The van der Waals surface area contributed by atoms with Crippen LogP contribution in [0.4, 0.5) is 0 Å². The Hall–Kier alpha value is -2.07. The van der Waals surface area contributed by atoms with Gasteiger partial charge in [0.2, 0.25) is 0 Å². The molecule has 0 saturated carbocycles. The predicted molar refractivity (Wildman–Crippen MR) is 201 cm³/mol. The van der Waals surface area contributed by atoms with E-state index in [0.717, 1.165) is 57.8 Å². The molecule has 0 aromatic heterocycles. The molecule has 0 rings (SSSR count). The Bertz CT molecular complexity index is 978. The summed E-state index contributed by atoms with van der Waals surface area (Å²) in [4.78, 5) is 34.8. The smallest absolute Gasteiger partial charge is 0.462 e. The number of allylic oxidation sites excluding steroid dienone is 8. The zero-order valence-electron chi connectivity index (χ0n) is 31.1. The number of esters is 2. The zero-order chi connectivity index (χ0) is 37.0. The van der Waals surface area contributed by atoms with Gasteiger partial charge < -0.3 is 24.6 Å². The number of ether oxygens (including phenoxy) is 2. The molecule has 0 aliphatic rings. The summed E-state index contributed by atoms with van der Waals surface area (Å²) in [5, 5.41) is 18.3. The van der Waals surface area contributed by atoms with Gasteiger partial charge in [0.25, 0.3) is 0 Å². The molecule has 0 aliphatic heterocycles. The van der Waals surface area contributed by atoms with Crippen molar-refractivity contribution in [3.63, 3.8) is 0 Å². The van der Waals surface area contributed by atoms with Crippen LogP contribution in [0.5, 0.6) is 0 Å². The van der Waals surface area contributed by atoms with Gasteiger partial charge in [0.15, 0.2) is 6.10 Å². The third-order valence-corrected chi connectivity index (χ3v) is 8.70. The van der Waals surface area contributed by atoms with Crippen LogP contribution in [0.1, 0.15) is 149 Å². The van der Waals surface area contributed by atoms with Crippen LogP contribution in [-0.2, 0) is 32.7 Å². The summed E-state index contributed by atoms with van der Waals surface area (Å²) in [7, 11) is -4.62. The van der Waals surface area contributed by atoms with E-state index in [4.69, 9.17) is 19.1 Å². The minimum atomic E-state index is -4.62. The lowest BCUT2D eigenvalue weighted by atomic mass is 10.0.